The number of benzene rings is 3. The lowest BCUT2D eigenvalue weighted by Crippen LogP contribution is -2.03. The van der Waals surface area contributed by atoms with Gasteiger partial charge in [-0.05, 0) is 275 Å². The maximum Gasteiger partial charge on any atom is 0.0482 e. The minimum atomic E-state index is 0.698. The Morgan fingerprint density at radius 3 is 0.789 bits per heavy atom. The Bertz CT molecular complexity index is 1330. The van der Waals surface area contributed by atoms with E-state index in [1.54, 1.807) is 0 Å². The second-order valence-electron chi connectivity index (χ2n) is 7.57. The van der Waals surface area contributed by atoms with Gasteiger partial charge in [0.05, 0.1) is 0 Å². The topological polar surface area (TPSA) is 0 Å². The van der Waals surface area contributed by atoms with E-state index >= 15 is 0 Å². The molecule has 3 aromatic rings. The molecular weight excluding hydrogens is 1470 g/mol. The molecule has 15 heteroatoms. The molecule has 3 aromatic carbocycles. The van der Waals surface area contributed by atoms with Gasteiger partial charge in [0.1, 0.15) is 0 Å². The van der Waals surface area contributed by atoms with Gasteiger partial charge in [0.15, 0.2) is 0 Å². The third-order valence-corrected chi connectivity index (χ3v) is 24.1. The van der Waals surface area contributed by atoms with E-state index in [9.17, 15) is 0 Å². The molecule has 0 fully saturated rings. The highest BCUT2D eigenvalue weighted by Gasteiger charge is 2.23. The van der Waals surface area contributed by atoms with Crippen LogP contribution in [0.4, 0.5) is 0 Å². The predicted molar refractivity (Wildman–Crippen MR) is 214 cm³/mol. The zero-order valence-corrected chi connectivity index (χ0v) is 41.7. The van der Waals surface area contributed by atoms with Crippen LogP contribution in [0.2, 0.25) is 0 Å². The van der Waals surface area contributed by atoms with Crippen molar-refractivity contribution in [1.29, 1.82) is 0 Å². The molecule has 0 aliphatic carbocycles. The fourth-order valence-corrected chi connectivity index (χ4v) is 13.6. The molecule has 0 aliphatic rings. The fourth-order valence-electron chi connectivity index (χ4n) is 3.35. The number of hydrogen-bond donors (Lipinski definition) is 0. The summed E-state index contributed by atoms with van der Waals surface area (Å²) in [5.74, 6) is 0. The highest BCUT2D eigenvalue weighted by atomic mass is 79.9. The van der Waals surface area contributed by atoms with E-state index in [1.165, 1.54) is 5.57 Å². The highest BCUT2D eigenvalue weighted by molar-refractivity contribution is 9.17. The molecule has 0 aliphatic heterocycles. The molecule has 0 atom stereocenters. The number of rotatable bonds is 6. The molecule has 0 bridgehead atoms. The summed E-state index contributed by atoms with van der Waals surface area (Å²) in [6, 6.07) is 0. The minimum absolute atomic E-state index is 0.698. The predicted octanol–water partition coefficient (Wildman–Crippen LogP) is 17.1. The van der Waals surface area contributed by atoms with Gasteiger partial charge in [0, 0.05) is 67.1 Å². The molecule has 0 aromatic heterocycles. The molecule has 38 heavy (non-hydrogen) atoms. The van der Waals surface area contributed by atoms with Crippen molar-refractivity contribution in [2.45, 2.75) is 19.3 Å². The molecule has 0 radical (unpaired) electrons. The summed E-state index contributed by atoms with van der Waals surface area (Å²) in [5, 5.41) is 0. The number of allylic oxidation sites excluding steroid dienone is 2. The van der Waals surface area contributed by atoms with Gasteiger partial charge in [-0.3, -0.25) is 0 Å². The Morgan fingerprint density at radius 2 is 0.526 bits per heavy atom. The third kappa shape index (κ3) is 7.93. The smallest absolute Gasteiger partial charge is 0.0482 e. The number of hydrogen-bond acceptors (Lipinski definition) is 0. The molecule has 0 saturated carbocycles. The summed E-state index contributed by atoms with van der Waals surface area (Å²) >= 11 is 56.0. The Hall–Kier alpha value is 4.60. The highest BCUT2D eigenvalue weighted by Crippen LogP contribution is 2.48. The van der Waals surface area contributed by atoms with Crippen molar-refractivity contribution in [3.8, 4) is 0 Å². The lowest BCUT2D eigenvalue weighted by Gasteiger charge is -2.19. The van der Waals surface area contributed by atoms with E-state index in [2.05, 4.69) is 245 Å². The van der Waals surface area contributed by atoms with Crippen molar-refractivity contribution in [3.63, 3.8) is 0 Å². The summed E-state index contributed by atoms with van der Waals surface area (Å²) in [6.07, 6.45) is 4.39. The van der Waals surface area contributed by atoms with Crippen LogP contribution in [0.1, 0.15) is 16.7 Å². The fraction of sp³-hybridized carbons (Fsp3) is 0.130. The summed E-state index contributed by atoms with van der Waals surface area (Å²) < 4.78 is 14.4. The van der Waals surface area contributed by atoms with Crippen molar-refractivity contribution >= 4 is 239 Å². The lowest BCUT2D eigenvalue weighted by atomic mass is 9.96. The molecule has 0 unspecified atom stereocenters. The largest absolute Gasteiger partial charge is 0.0802 e. The van der Waals surface area contributed by atoms with Crippen LogP contribution in [0.3, 0.4) is 0 Å². The first-order chi connectivity index (χ1) is 17.6. The monoisotopic (exact) mass is 1470 g/mol. The van der Waals surface area contributed by atoms with Gasteiger partial charge < -0.3 is 0 Å². The SMILES string of the molecule is Brc1c(Br)c(Br)c(CC=C(Cc2c(Br)c(Br)c(Br)c(Br)c2Br)Cc2c(Br)c(Br)c(Br)c(Br)c2Br)c(Br)c1Br. The zero-order valence-electron chi connectivity index (χ0n) is 17.9. The van der Waals surface area contributed by atoms with Gasteiger partial charge in [-0.1, -0.05) is 11.6 Å². The van der Waals surface area contributed by atoms with Crippen LogP contribution in [0.15, 0.2) is 78.7 Å². The summed E-state index contributed by atoms with van der Waals surface area (Å²) in [6.45, 7) is 0. The van der Waals surface area contributed by atoms with Crippen LogP contribution in [0.5, 0.6) is 0 Å². The average molecular weight is 1480 g/mol. The van der Waals surface area contributed by atoms with Gasteiger partial charge in [-0.2, -0.15) is 0 Å². The second kappa shape index (κ2) is 15.9. The van der Waals surface area contributed by atoms with Gasteiger partial charge in [-0.25, -0.2) is 0 Å². The van der Waals surface area contributed by atoms with Crippen LogP contribution in [0, 0.1) is 0 Å². The lowest BCUT2D eigenvalue weighted by molar-refractivity contribution is 0.984. The van der Waals surface area contributed by atoms with Gasteiger partial charge in [0.25, 0.3) is 0 Å². The quantitative estimate of drug-likeness (QED) is 0.131. The van der Waals surface area contributed by atoms with Crippen LogP contribution in [0.25, 0.3) is 0 Å². The summed E-state index contributed by atoms with van der Waals surface area (Å²) in [4.78, 5) is 0. The van der Waals surface area contributed by atoms with Crippen molar-refractivity contribution in [1.82, 2.24) is 0 Å². The Balaban J connectivity index is 2.21. The summed E-state index contributed by atoms with van der Waals surface area (Å²) in [7, 11) is 0. The first-order valence-corrected chi connectivity index (χ1v) is 21.7. The Morgan fingerprint density at radius 1 is 0.316 bits per heavy atom. The second-order valence-corrected chi connectivity index (χ2v) is 19.5. The van der Waals surface area contributed by atoms with Gasteiger partial charge in [0.2, 0.25) is 0 Å². The maximum atomic E-state index is 3.81. The van der Waals surface area contributed by atoms with Crippen molar-refractivity contribution in [2.75, 3.05) is 0 Å². The van der Waals surface area contributed by atoms with Crippen molar-refractivity contribution in [3.05, 3.63) is 95.4 Å². The third-order valence-electron chi connectivity index (χ3n) is 5.30. The average Bonchev–Trinajstić information content (AvgIpc) is 2.90. The first-order valence-electron chi connectivity index (χ1n) is 9.80. The molecular formula is C23H7Br15. The van der Waals surface area contributed by atoms with Crippen LogP contribution in [-0.2, 0) is 19.3 Å². The van der Waals surface area contributed by atoms with E-state index in [0.717, 1.165) is 83.8 Å². The van der Waals surface area contributed by atoms with E-state index in [4.69, 9.17) is 0 Å². The number of halogens is 15. The van der Waals surface area contributed by atoms with Gasteiger partial charge >= 0.3 is 0 Å². The normalized spacial score (nSPS) is 11.3. The van der Waals surface area contributed by atoms with E-state index in [0.29, 0.717) is 19.3 Å². The Kier molecular flexibility index (Phi) is 15.5. The first kappa shape index (κ1) is 37.1. The van der Waals surface area contributed by atoms with E-state index in [-0.39, 0.29) is 0 Å². The molecule has 204 valence electrons. The summed E-state index contributed by atoms with van der Waals surface area (Å²) in [5.41, 5.74) is 4.59. The molecule has 0 amide bonds. The standard InChI is InChI=1S/C23H7Br15/c24-9-6(10(25)16(31)21(36)15(9)30)2-1-5(3-7-11(26)17(32)22(37)18(33)12(7)27)4-8-13(28)19(34)23(38)20(35)14(8)29/h1H,2-4H2. The molecule has 0 nitrogen and oxygen atoms in total. The minimum Gasteiger partial charge on any atom is -0.0802 e. The zero-order chi connectivity index (χ0) is 28.8. The van der Waals surface area contributed by atoms with E-state index < -0.39 is 0 Å². The molecule has 0 N–H and O–H groups in total. The van der Waals surface area contributed by atoms with Crippen LogP contribution >= 0.6 is 239 Å². The molecule has 0 saturated heterocycles. The van der Waals surface area contributed by atoms with Crippen LogP contribution < -0.4 is 0 Å². The maximum absolute atomic E-state index is 3.81. The van der Waals surface area contributed by atoms with E-state index in [1.807, 2.05) is 0 Å². The van der Waals surface area contributed by atoms with Crippen LogP contribution in [-0.4, -0.2) is 0 Å². The van der Waals surface area contributed by atoms with Crippen molar-refractivity contribution in [2.24, 2.45) is 0 Å². The molecule has 0 spiro atoms. The Labute approximate surface area is 347 Å². The van der Waals surface area contributed by atoms with Crippen molar-refractivity contribution < 1.29 is 0 Å². The van der Waals surface area contributed by atoms with Gasteiger partial charge in [-0.15, -0.1) is 0 Å². The molecule has 3 rings (SSSR count). The molecule has 0 heterocycles.